The molecule has 9 heteroatoms. The molecule has 2 N–H and O–H groups in total. The molecule has 9 nitrogen and oxygen atoms in total. The van der Waals surface area contributed by atoms with Gasteiger partial charge in [-0.15, -0.1) is 0 Å². The zero-order chi connectivity index (χ0) is 30.1. The van der Waals surface area contributed by atoms with Crippen LogP contribution >= 0.6 is 0 Å². The van der Waals surface area contributed by atoms with E-state index in [0.29, 0.717) is 25.5 Å². The zero-order valence-corrected chi connectivity index (χ0v) is 24.1. The van der Waals surface area contributed by atoms with Crippen LogP contribution < -0.4 is 10.6 Å². The fraction of sp³-hybridized carbons (Fsp3) is 0.424. The highest BCUT2D eigenvalue weighted by Crippen LogP contribution is 2.26. The number of aromatic nitrogens is 2. The topological polar surface area (TPSA) is 135 Å². The first-order valence-corrected chi connectivity index (χ1v) is 14.6. The lowest BCUT2D eigenvalue weighted by Crippen LogP contribution is -2.46. The molecule has 0 bridgehead atoms. The highest BCUT2D eigenvalue weighted by molar-refractivity contribution is 5.98. The molecule has 220 valence electrons. The largest absolute Gasteiger partial charge is 0.346 e. The molecule has 42 heavy (non-hydrogen) atoms. The van der Waals surface area contributed by atoms with Gasteiger partial charge in [-0.1, -0.05) is 56.3 Å². The van der Waals surface area contributed by atoms with Gasteiger partial charge in [0.15, 0.2) is 5.78 Å². The van der Waals surface area contributed by atoms with Gasteiger partial charge in [-0.3, -0.25) is 24.2 Å². The highest BCUT2D eigenvalue weighted by Gasteiger charge is 2.32. The molecular weight excluding hydrogens is 532 g/mol. The standard InChI is InChI=1S/C33H38N4O5/c1-21(2)15-25(32(41)36-26(20-38)16-24-10-6-12-30(24)39)18-31(40)28(37-33(42)29-19-34-13-14-35-29)17-23-9-5-8-22-7-3-4-11-27(22)23/h3-5,7-9,11,13-14,19-21,24-26,28H,6,10,12,15-18H2,1-2H3,(H,36,41)(H,37,42)/t24-,25+,26-,28-/m0/s1. The molecule has 0 unspecified atom stereocenters. The molecule has 0 spiro atoms. The van der Waals surface area contributed by atoms with Crippen LogP contribution in [0.1, 0.15) is 68.4 Å². The normalized spacial score (nSPS) is 17.0. The Morgan fingerprint density at radius 2 is 1.83 bits per heavy atom. The van der Waals surface area contributed by atoms with Crippen LogP contribution in [-0.4, -0.2) is 51.7 Å². The van der Waals surface area contributed by atoms with Gasteiger partial charge in [0, 0.05) is 43.5 Å². The van der Waals surface area contributed by atoms with Crippen molar-refractivity contribution in [3.05, 3.63) is 72.3 Å². The zero-order valence-electron chi connectivity index (χ0n) is 24.1. The second kappa shape index (κ2) is 14.6. The average molecular weight is 571 g/mol. The van der Waals surface area contributed by atoms with Crippen LogP contribution in [0.2, 0.25) is 0 Å². The maximum absolute atomic E-state index is 13.9. The molecule has 4 rings (SSSR count). The highest BCUT2D eigenvalue weighted by atomic mass is 16.2. The average Bonchev–Trinajstić information content (AvgIpc) is 3.40. The Balaban J connectivity index is 1.54. The first-order valence-electron chi connectivity index (χ1n) is 14.6. The maximum atomic E-state index is 13.9. The van der Waals surface area contributed by atoms with Crippen LogP contribution in [0.5, 0.6) is 0 Å². The van der Waals surface area contributed by atoms with Gasteiger partial charge < -0.3 is 15.4 Å². The van der Waals surface area contributed by atoms with E-state index in [9.17, 15) is 24.0 Å². The molecule has 2 amide bonds. The number of nitrogens with one attached hydrogen (secondary N) is 2. The van der Waals surface area contributed by atoms with Crippen LogP contribution in [0, 0.1) is 17.8 Å². The van der Waals surface area contributed by atoms with Crippen molar-refractivity contribution in [2.24, 2.45) is 17.8 Å². The molecule has 0 aliphatic heterocycles. The number of ketones is 2. The minimum absolute atomic E-state index is 0.0833. The van der Waals surface area contributed by atoms with E-state index >= 15 is 0 Å². The molecule has 1 aliphatic carbocycles. The van der Waals surface area contributed by atoms with Gasteiger partial charge in [0.1, 0.15) is 17.8 Å². The van der Waals surface area contributed by atoms with Crippen molar-refractivity contribution in [2.75, 3.05) is 0 Å². The van der Waals surface area contributed by atoms with Crippen LogP contribution in [0.25, 0.3) is 10.8 Å². The second-order valence-electron chi connectivity index (χ2n) is 11.5. The Morgan fingerprint density at radius 1 is 1.05 bits per heavy atom. The van der Waals surface area contributed by atoms with Gasteiger partial charge in [-0.05, 0) is 47.9 Å². The van der Waals surface area contributed by atoms with Crippen LogP contribution in [0.15, 0.2) is 61.1 Å². The van der Waals surface area contributed by atoms with E-state index < -0.39 is 29.8 Å². The number of Topliss-reactive ketones (excluding diaryl/α,β-unsaturated/α-hetero) is 2. The Labute approximate surface area is 245 Å². The minimum atomic E-state index is -0.925. The summed E-state index contributed by atoms with van der Waals surface area (Å²) >= 11 is 0. The summed E-state index contributed by atoms with van der Waals surface area (Å²) in [5, 5.41) is 7.60. The molecule has 3 aromatic rings. The van der Waals surface area contributed by atoms with Crippen molar-refractivity contribution in [1.29, 1.82) is 0 Å². The summed E-state index contributed by atoms with van der Waals surface area (Å²) < 4.78 is 0. The van der Waals surface area contributed by atoms with E-state index in [2.05, 4.69) is 20.6 Å². The molecule has 1 aliphatic rings. The Bertz CT molecular complexity index is 1420. The molecule has 4 atom stereocenters. The van der Waals surface area contributed by atoms with Gasteiger partial charge in [0.25, 0.3) is 5.91 Å². The molecular formula is C33H38N4O5. The maximum Gasteiger partial charge on any atom is 0.272 e. The van der Waals surface area contributed by atoms with Crippen molar-refractivity contribution in [3.63, 3.8) is 0 Å². The summed E-state index contributed by atoms with van der Waals surface area (Å²) in [5.74, 6) is -1.94. The lowest BCUT2D eigenvalue weighted by molar-refractivity contribution is -0.132. The molecule has 1 fully saturated rings. The SMILES string of the molecule is CC(C)C[C@H](CC(=O)[C@H](Cc1cccc2ccccc12)NC(=O)c1cnccn1)C(=O)N[C@H](C=O)C[C@@H]1CCCC1=O. The van der Waals surface area contributed by atoms with E-state index in [-0.39, 0.29) is 48.4 Å². The summed E-state index contributed by atoms with van der Waals surface area (Å²) in [7, 11) is 0. The number of fused-ring (bicyclic) bond motifs is 1. The van der Waals surface area contributed by atoms with Gasteiger partial charge >= 0.3 is 0 Å². The van der Waals surface area contributed by atoms with Crippen molar-refractivity contribution in [3.8, 4) is 0 Å². The van der Waals surface area contributed by atoms with Crippen molar-refractivity contribution >= 4 is 40.4 Å². The number of rotatable bonds is 14. The van der Waals surface area contributed by atoms with E-state index in [1.165, 1.54) is 18.6 Å². The van der Waals surface area contributed by atoms with Gasteiger partial charge in [-0.2, -0.15) is 0 Å². The molecule has 1 aromatic heterocycles. The third-order valence-corrected chi connectivity index (χ3v) is 7.83. The van der Waals surface area contributed by atoms with Gasteiger partial charge in [-0.25, -0.2) is 4.98 Å². The Kier molecular flexibility index (Phi) is 10.6. The summed E-state index contributed by atoms with van der Waals surface area (Å²) in [5.41, 5.74) is 0.970. The number of hydrogen-bond donors (Lipinski definition) is 2. The van der Waals surface area contributed by atoms with Crippen LogP contribution in [-0.2, 0) is 25.6 Å². The molecule has 0 saturated heterocycles. The van der Waals surface area contributed by atoms with Crippen molar-refractivity contribution in [2.45, 2.75) is 70.9 Å². The van der Waals surface area contributed by atoms with Crippen LogP contribution in [0.3, 0.4) is 0 Å². The summed E-state index contributed by atoms with van der Waals surface area (Å²) in [6.07, 6.45) is 7.69. The lowest BCUT2D eigenvalue weighted by atomic mass is 9.87. The Hall–Kier alpha value is -4.27. The van der Waals surface area contributed by atoms with Gasteiger partial charge in [0.05, 0.1) is 18.3 Å². The fourth-order valence-electron chi connectivity index (χ4n) is 5.71. The first kappa shape index (κ1) is 30.7. The quantitative estimate of drug-likeness (QED) is 0.279. The minimum Gasteiger partial charge on any atom is -0.346 e. The van der Waals surface area contributed by atoms with E-state index in [1.54, 1.807) is 0 Å². The predicted octanol–water partition coefficient (Wildman–Crippen LogP) is 4.04. The Morgan fingerprint density at radius 3 is 2.52 bits per heavy atom. The number of hydrogen-bond acceptors (Lipinski definition) is 7. The molecule has 1 heterocycles. The van der Waals surface area contributed by atoms with Crippen molar-refractivity contribution in [1.82, 2.24) is 20.6 Å². The summed E-state index contributed by atoms with van der Waals surface area (Å²) in [6.45, 7) is 3.92. The number of aldehydes is 1. The monoisotopic (exact) mass is 570 g/mol. The number of benzene rings is 2. The second-order valence-corrected chi connectivity index (χ2v) is 11.5. The third kappa shape index (κ3) is 8.15. The van der Waals surface area contributed by atoms with E-state index in [4.69, 9.17) is 0 Å². The lowest BCUT2D eigenvalue weighted by Gasteiger charge is -2.24. The summed E-state index contributed by atoms with van der Waals surface area (Å²) in [6, 6.07) is 11.9. The number of carbonyl (C=O) groups excluding carboxylic acids is 5. The van der Waals surface area contributed by atoms with Gasteiger partial charge in [0.2, 0.25) is 5.91 Å². The van der Waals surface area contributed by atoms with Crippen molar-refractivity contribution < 1.29 is 24.0 Å². The molecule has 2 aromatic carbocycles. The number of carbonyl (C=O) groups is 5. The van der Waals surface area contributed by atoms with E-state index in [1.807, 2.05) is 56.3 Å². The number of amides is 2. The van der Waals surface area contributed by atoms with E-state index in [0.717, 1.165) is 22.8 Å². The number of nitrogens with zero attached hydrogens (tertiary/aromatic N) is 2. The first-order chi connectivity index (χ1) is 20.2. The van der Waals surface area contributed by atoms with Crippen LogP contribution in [0.4, 0.5) is 0 Å². The smallest absolute Gasteiger partial charge is 0.272 e. The molecule has 0 radical (unpaired) electrons. The molecule has 1 saturated carbocycles. The third-order valence-electron chi connectivity index (χ3n) is 7.83. The predicted molar refractivity (Wildman–Crippen MR) is 158 cm³/mol. The summed E-state index contributed by atoms with van der Waals surface area (Å²) in [4.78, 5) is 72.3. The fourth-order valence-corrected chi connectivity index (χ4v) is 5.71.